The predicted octanol–water partition coefficient (Wildman–Crippen LogP) is 4.84. The second-order valence-corrected chi connectivity index (χ2v) is 7.39. The number of carbonyl (C=O) groups excluding carboxylic acids is 2. The van der Waals surface area contributed by atoms with Gasteiger partial charge in [0.25, 0.3) is 0 Å². The first-order valence-electron chi connectivity index (χ1n) is 9.47. The standard InChI is InChI=1S/C25H22O3/c1-16-7-8-18(11-17(16)2)12-25(27)28-15-24(26)21-10-9-20-13-19-5-3-4-6-22(19)23(20)14-21/h3-11,14H,12-13,15H2,1-2H3. The number of esters is 1. The Morgan fingerprint density at radius 2 is 1.64 bits per heavy atom. The Kier molecular flexibility index (Phi) is 4.82. The van der Waals surface area contributed by atoms with Gasteiger partial charge in [0.2, 0.25) is 0 Å². The minimum absolute atomic E-state index is 0.173. The SMILES string of the molecule is Cc1ccc(CC(=O)OCC(=O)c2ccc3c(c2)-c2ccccc2C3)cc1C. The third kappa shape index (κ3) is 3.61. The van der Waals surface area contributed by atoms with E-state index >= 15 is 0 Å². The number of Topliss-reactive ketones (excluding diaryl/α,β-unsaturated/α-hetero) is 1. The van der Waals surface area contributed by atoms with Gasteiger partial charge in [-0.1, -0.05) is 54.6 Å². The summed E-state index contributed by atoms with van der Waals surface area (Å²) in [6, 6.07) is 19.9. The average Bonchev–Trinajstić information content (AvgIpc) is 3.07. The van der Waals surface area contributed by atoms with Crippen LogP contribution in [0.15, 0.2) is 60.7 Å². The third-order valence-electron chi connectivity index (χ3n) is 5.40. The van der Waals surface area contributed by atoms with E-state index in [2.05, 4.69) is 12.1 Å². The molecule has 0 N–H and O–H groups in total. The Labute approximate surface area is 165 Å². The normalized spacial score (nSPS) is 11.6. The van der Waals surface area contributed by atoms with Crippen LogP contribution in [0.5, 0.6) is 0 Å². The summed E-state index contributed by atoms with van der Waals surface area (Å²) in [5, 5.41) is 0. The van der Waals surface area contributed by atoms with E-state index in [0.717, 1.165) is 23.1 Å². The molecule has 0 atom stereocenters. The number of hydrogen-bond acceptors (Lipinski definition) is 3. The molecular weight excluding hydrogens is 348 g/mol. The van der Waals surface area contributed by atoms with Crippen LogP contribution in [0.25, 0.3) is 11.1 Å². The van der Waals surface area contributed by atoms with Gasteiger partial charge in [0, 0.05) is 5.56 Å². The maximum absolute atomic E-state index is 12.5. The third-order valence-corrected chi connectivity index (χ3v) is 5.40. The molecule has 0 aromatic heterocycles. The lowest BCUT2D eigenvalue weighted by Gasteiger charge is -2.08. The smallest absolute Gasteiger partial charge is 0.310 e. The van der Waals surface area contributed by atoms with Gasteiger partial charge in [-0.2, -0.15) is 0 Å². The highest BCUT2D eigenvalue weighted by Crippen LogP contribution is 2.36. The molecule has 0 aliphatic heterocycles. The minimum atomic E-state index is -0.386. The molecule has 28 heavy (non-hydrogen) atoms. The zero-order chi connectivity index (χ0) is 19.7. The van der Waals surface area contributed by atoms with E-state index in [4.69, 9.17) is 4.74 Å². The zero-order valence-electron chi connectivity index (χ0n) is 16.1. The molecule has 0 saturated carbocycles. The largest absolute Gasteiger partial charge is 0.457 e. The Morgan fingerprint density at radius 3 is 2.46 bits per heavy atom. The summed E-state index contributed by atoms with van der Waals surface area (Å²) in [5.74, 6) is -0.566. The van der Waals surface area contributed by atoms with Gasteiger partial charge in [-0.15, -0.1) is 0 Å². The Morgan fingerprint density at radius 1 is 0.857 bits per heavy atom. The molecule has 0 saturated heterocycles. The van der Waals surface area contributed by atoms with Crippen molar-refractivity contribution in [2.24, 2.45) is 0 Å². The molecule has 3 heteroatoms. The topological polar surface area (TPSA) is 43.4 Å². The van der Waals surface area contributed by atoms with Crippen LogP contribution in [0.1, 0.15) is 38.2 Å². The molecular formula is C25H22O3. The zero-order valence-corrected chi connectivity index (χ0v) is 16.1. The van der Waals surface area contributed by atoms with Gasteiger partial charge in [-0.3, -0.25) is 9.59 Å². The van der Waals surface area contributed by atoms with E-state index < -0.39 is 0 Å². The summed E-state index contributed by atoms with van der Waals surface area (Å²) in [6.07, 6.45) is 1.07. The molecule has 0 bridgehead atoms. The van der Waals surface area contributed by atoms with Crippen molar-refractivity contribution in [1.82, 2.24) is 0 Å². The van der Waals surface area contributed by atoms with Crippen LogP contribution in [0.3, 0.4) is 0 Å². The van der Waals surface area contributed by atoms with Crippen LogP contribution in [-0.4, -0.2) is 18.4 Å². The summed E-state index contributed by atoms with van der Waals surface area (Å²) in [7, 11) is 0. The number of ketones is 1. The highest BCUT2D eigenvalue weighted by Gasteiger charge is 2.20. The number of ether oxygens (including phenoxy) is 1. The van der Waals surface area contributed by atoms with E-state index in [9.17, 15) is 9.59 Å². The fourth-order valence-electron chi connectivity index (χ4n) is 3.66. The van der Waals surface area contributed by atoms with Crippen molar-refractivity contribution in [1.29, 1.82) is 0 Å². The average molecular weight is 370 g/mol. The van der Waals surface area contributed by atoms with Crippen molar-refractivity contribution >= 4 is 11.8 Å². The first-order chi connectivity index (χ1) is 13.5. The molecule has 0 fully saturated rings. The number of rotatable bonds is 5. The maximum Gasteiger partial charge on any atom is 0.310 e. The van der Waals surface area contributed by atoms with Crippen molar-refractivity contribution in [2.45, 2.75) is 26.7 Å². The highest BCUT2D eigenvalue weighted by molar-refractivity contribution is 5.99. The van der Waals surface area contributed by atoms with Crippen LogP contribution in [0.2, 0.25) is 0 Å². The van der Waals surface area contributed by atoms with E-state index in [-0.39, 0.29) is 24.8 Å². The summed E-state index contributed by atoms with van der Waals surface area (Å²) in [4.78, 5) is 24.7. The quantitative estimate of drug-likeness (QED) is 0.373. The number of carbonyl (C=O) groups is 2. The van der Waals surface area contributed by atoms with Gasteiger partial charge in [0.15, 0.2) is 12.4 Å². The Balaban J connectivity index is 1.41. The molecule has 0 radical (unpaired) electrons. The minimum Gasteiger partial charge on any atom is -0.457 e. The molecule has 4 rings (SSSR count). The van der Waals surface area contributed by atoms with E-state index in [1.807, 2.05) is 62.4 Å². The lowest BCUT2D eigenvalue weighted by Crippen LogP contribution is -2.16. The summed E-state index contributed by atoms with van der Waals surface area (Å²) in [5.41, 5.74) is 8.59. The van der Waals surface area contributed by atoms with E-state index in [0.29, 0.717) is 5.56 Å². The predicted molar refractivity (Wildman–Crippen MR) is 110 cm³/mol. The first-order valence-corrected chi connectivity index (χ1v) is 9.47. The summed E-state index contributed by atoms with van der Waals surface area (Å²) in [6.45, 7) is 3.81. The molecule has 1 aliphatic carbocycles. The van der Waals surface area contributed by atoms with Crippen molar-refractivity contribution in [2.75, 3.05) is 6.61 Å². The Hall–Kier alpha value is -3.20. The van der Waals surface area contributed by atoms with Crippen molar-refractivity contribution in [3.8, 4) is 11.1 Å². The van der Waals surface area contributed by atoms with Gasteiger partial charge in [0.05, 0.1) is 6.42 Å². The molecule has 3 aromatic carbocycles. The molecule has 140 valence electrons. The van der Waals surface area contributed by atoms with Gasteiger partial charge in [-0.05, 0) is 65.3 Å². The van der Waals surface area contributed by atoms with Crippen LogP contribution in [0.4, 0.5) is 0 Å². The fourth-order valence-corrected chi connectivity index (χ4v) is 3.66. The highest BCUT2D eigenvalue weighted by atomic mass is 16.5. The number of aryl methyl sites for hydroxylation is 2. The second kappa shape index (κ2) is 7.43. The molecule has 3 aromatic rings. The van der Waals surface area contributed by atoms with Crippen LogP contribution < -0.4 is 0 Å². The number of fused-ring (bicyclic) bond motifs is 3. The Bertz CT molecular complexity index is 1080. The lowest BCUT2D eigenvalue weighted by molar-refractivity contribution is -0.141. The van der Waals surface area contributed by atoms with Crippen LogP contribution >= 0.6 is 0 Å². The molecule has 0 unspecified atom stereocenters. The number of hydrogen-bond donors (Lipinski definition) is 0. The molecule has 0 heterocycles. The lowest BCUT2D eigenvalue weighted by atomic mass is 10.0. The monoisotopic (exact) mass is 370 g/mol. The van der Waals surface area contributed by atoms with Crippen molar-refractivity contribution in [3.63, 3.8) is 0 Å². The summed E-state index contributed by atoms with van der Waals surface area (Å²) < 4.78 is 5.23. The summed E-state index contributed by atoms with van der Waals surface area (Å²) >= 11 is 0. The molecule has 0 spiro atoms. The first kappa shape index (κ1) is 18.2. The van der Waals surface area contributed by atoms with Gasteiger partial charge in [-0.25, -0.2) is 0 Å². The van der Waals surface area contributed by atoms with Gasteiger partial charge in [0.1, 0.15) is 0 Å². The van der Waals surface area contributed by atoms with Crippen molar-refractivity contribution in [3.05, 3.63) is 94.0 Å². The van der Waals surface area contributed by atoms with E-state index in [1.165, 1.54) is 22.3 Å². The maximum atomic E-state index is 12.5. The van der Waals surface area contributed by atoms with E-state index in [1.54, 1.807) is 0 Å². The second-order valence-electron chi connectivity index (χ2n) is 7.39. The fraction of sp³-hybridized carbons (Fsp3) is 0.200. The van der Waals surface area contributed by atoms with Crippen molar-refractivity contribution < 1.29 is 14.3 Å². The number of benzene rings is 3. The van der Waals surface area contributed by atoms with Crippen LogP contribution in [0, 0.1) is 13.8 Å². The molecule has 3 nitrogen and oxygen atoms in total. The van der Waals surface area contributed by atoms with Crippen LogP contribution in [-0.2, 0) is 22.4 Å². The van der Waals surface area contributed by atoms with Gasteiger partial charge >= 0.3 is 5.97 Å². The molecule has 0 amide bonds. The van der Waals surface area contributed by atoms with Gasteiger partial charge < -0.3 is 4.74 Å². The molecule has 1 aliphatic rings.